The summed E-state index contributed by atoms with van der Waals surface area (Å²) in [6.45, 7) is 8.48. The maximum atomic E-state index is 12.5. The van der Waals surface area contributed by atoms with Crippen LogP contribution in [0.25, 0.3) is 0 Å². The van der Waals surface area contributed by atoms with Gasteiger partial charge in [0.15, 0.2) is 11.5 Å². The first-order valence-electron chi connectivity index (χ1n) is 7.26. The monoisotopic (exact) mass is 366 g/mol. The van der Waals surface area contributed by atoms with E-state index in [9.17, 15) is 4.79 Å². The van der Waals surface area contributed by atoms with E-state index in [4.69, 9.17) is 14.2 Å². The normalized spacial score (nSPS) is 23.9. The largest absolute Gasteiger partial charge is 0.454 e. The Bertz CT molecular complexity index is 659. The van der Waals surface area contributed by atoms with E-state index in [1.807, 2.05) is 13.8 Å². The Hall–Kier alpha value is -1.49. The quantitative estimate of drug-likeness (QED) is 0.453. The second-order valence-electron chi connectivity index (χ2n) is 6.63. The smallest absolute Gasteiger partial charge is 0.315 e. The van der Waals surface area contributed by atoms with Crippen molar-refractivity contribution in [3.8, 4) is 17.2 Å². The summed E-state index contributed by atoms with van der Waals surface area (Å²) in [6.07, 6.45) is 2.15. The molecule has 3 rings (SSSR count). The molecule has 0 amide bonds. The Labute approximate surface area is 138 Å². The van der Waals surface area contributed by atoms with Crippen LogP contribution in [0.3, 0.4) is 0 Å². The minimum atomic E-state index is -0.202. The molecular weight excluding hydrogens is 348 g/mol. The summed E-state index contributed by atoms with van der Waals surface area (Å²) in [7, 11) is 0. The highest BCUT2D eigenvalue weighted by molar-refractivity contribution is 9.10. The van der Waals surface area contributed by atoms with Gasteiger partial charge in [0.25, 0.3) is 0 Å². The minimum Gasteiger partial charge on any atom is -0.454 e. The van der Waals surface area contributed by atoms with E-state index in [0.717, 1.165) is 0 Å². The van der Waals surface area contributed by atoms with Gasteiger partial charge in [0.2, 0.25) is 6.79 Å². The standard InChI is InChI=1S/C17H19BrO4/c1-9(2)5-10-15(17(10,3)4)16(19)22-12-7-14-13(6-11(12)18)20-8-21-14/h5-7,10,15H,8H2,1-4H3/t10-,15-/m0/s1. The molecule has 22 heavy (non-hydrogen) atoms. The van der Waals surface area contributed by atoms with Gasteiger partial charge in [-0.3, -0.25) is 4.79 Å². The fourth-order valence-corrected chi connectivity index (χ4v) is 3.35. The zero-order chi connectivity index (χ0) is 16.1. The number of hydrogen-bond acceptors (Lipinski definition) is 4. The third-order valence-electron chi connectivity index (χ3n) is 4.32. The van der Waals surface area contributed by atoms with Crippen LogP contribution < -0.4 is 14.2 Å². The molecule has 0 unspecified atom stereocenters. The first-order valence-corrected chi connectivity index (χ1v) is 8.06. The second-order valence-corrected chi connectivity index (χ2v) is 7.48. The molecule has 1 aromatic carbocycles. The third-order valence-corrected chi connectivity index (χ3v) is 4.93. The molecule has 1 aliphatic carbocycles. The lowest BCUT2D eigenvalue weighted by atomic mass is 10.1. The highest BCUT2D eigenvalue weighted by Crippen LogP contribution is 2.60. The van der Waals surface area contributed by atoms with Crippen LogP contribution in [-0.4, -0.2) is 12.8 Å². The van der Waals surface area contributed by atoms with Crippen LogP contribution in [-0.2, 0) is 4.79 Å². The number of ether oxygens (including phenoxy) is 3. The van der Waals surface area contributed by atoms with Crippen molar-refractivity contribution < 1.29 is 19.0 Å². The van der Waals surface area contributed by atoms with Crippen LogP contribution in [0.2, 0.25) is 0 Å². The molecule has 0 N–H and O–H groups in total. The van der Waals surface area contributed by atoms with E-state index >= 15 is 0 Å². The molecule has 0 aromatic heterocycles. The van der Waals surface area contributed by atoms with Gasteiger partial charge in [0.1, 0.15) is 5.75 Å². The van der Waals surface area contributed by atoms with Crippen molar-refractivity contribution in [2.24, 2.45) is 17.3 Å². The molecular formula is C17H19BrO4. The topological polar surface area (TPSA) is 44.8 Å². The summed E-state index contributed by atoms with van der Waals surface area (Å²) in [6, 6.07) is 3.45. The number of benzene rings is 1. The predicted molar refractivity (Wildman–Crippen MR) is 86.1 cm³/mol. The van der Waals surface area contributed by atoms with E-state index in [1.54, 1.807) is 12.1 Å². The van der Waals surface area contributed by atoms with E-state index in [2.05, 4.69) is 35.9 Å². The molecule has 2 aliphatic rings. The first kappa shape index (κ1) is 15.4. The van der Waals surface area contributed by atoms with Gasteiger partial charge in [-0.25, -0.2) is 0 Å². The lowest BCUT2D eigenvalue weighted by molar-refractivity contribution is -0.136. The molecule has 118 valence electrons. The van der Waals surface area contributed by atoms with Crippen molar-refractivity contribution in [3.63, 3.8) is 0 Å². The van der Waals surface area contributed by atoms with Gasteiger partial charge in [-0.05, 0) is 41.1 Å². The lowest BCUT2D eigenvalue weighted by Crippen LogP contribution is -2.14. The maximum Gasteiger partial charge on any atom is 0.315 e. The molecule has 5 heteroatoms. The molecule has 4 nitrogen and oxygen atoms in total. The number of halogens is 1. The molecule has 1 fully saturated rings. The van der Waals surface area contributed by atoms with E-state index in [0.29, 0.717) is 21.7 Å². The van der Waals surface area contributed by atoms with Gasteiger partial charge in [-0.2, -0.15) is 0 Å². The fourth-order valence-electron chi connectivity index (χ4n) is 2.95. The van der Waals surface area contributed by atoms with Crippen molar-refractivity contribution in [1.82, 2.24) is 0 Å². The van der Waals surface area contributed by atoms with Gasteiger partial charge in [-0.1, -0.05) is 25.5 Å². The molecule has 1 saturated carbocycles. The Morgan fingerprint density at radius 3 is 2.59 bits per heavy atom. The molecule has 1 aromatic rings. The Morgan fingerprint density at radius 2 is 1.95 bits per heavy atom. The minimum absolute atomic E-state index is 0.0584. The highest BCUT2D eigenvalue weighted by Gasteiger charge is 2.61. The number of allylic oxidation sites excluding steroid dienone is 2. The van der Waals surface area contributed by atoms with Gasteiger partial charge in [0, 0.05) is 12.1 Å². The molecule has 0 bridgehead atoms. The van der Waals surface area contributed by atoms with Crippen LogP contribution in [0.1, 0.15) is 27.7 Å². The van der Waals surface area contributed by atoms with Crippen molar-refractivity contribution in [2.75, 3.05) is 6.79 Å². The number of carbonyl (C=O) groups is 1. The summed E-state index contributed by atoms with van der Waals surface area (Å²) in [5.74, 6) is 1.64. The Balaban J connectivity index is 1.77. The van der Waals surface area contributed by atoms with Gasteiger partial charge >= 0.3 is 5.97 Å². The highest BCUT2D eigenvalue weighted by atomic mass is 79.9. The number of esters is 1. The van der Waals surface area contributed by atoms with Crippen molar-refractivity contribution in [1.29, 1.82) is 0 Å². The molecule has 1 heterocycles. The van der Waals surface area contributed by atoms with E-state index < -0.39 is 0 Å². The fraction of sp³-hybridized carbons (Fsp3) is 0.471. The second kappa shape index (κ2) is 5.30. The van der Waals surface area contributed by atoms with E-state index in [-0.39, 0.29) is 30.0 Å². The summed E-state index contributed by atoms with van der Waals surface area (Å²) >= 11 is 3.41. The molecule has 0 saturated heterocycles. The van der Waals surface area contributed by atoms with Crippen LogP contribution >= 0.6 is 15.9 Å². The Kier molecular flexibility index (Phi) is 3.71. The van der Waals surface area contributed by atoms with Crippen molar-refractivity contribution in [2.45, 2.75) is 27.7 Å². The molecule has 2 atom stereocenters. The number of hydrogen-bond donors (Lipinski definition) is 0. The van der Waals surface area contributed by atoms with Gasteiger partial charge < -0.3 is 14.2 Å². The maximum absolute atomic E-state index is 12.5. The van der Waals surface area contributed by atoms with Crippen molar-refractivity contribution >= 4 is 21.9 Å². The van der Waals surface area contributed by atoms with Gasteiger partial charge in [-0.15, -0.1) is 0 Å². The molecule has 0 radical (unpaired) electrons. The Morgan fingerprint density at radius 1 is 1.32 bits per heavy atom. The first-order chi connectivity index (χ1) is 10.3. The number of rotatable bonds is 3. The average molecular weight is 367 g/mol. The van der Waals surface area contributed by atoms with Crippen LogP contribution in [0.5, 0.6) is 17.2 Å². The third kappa shape index (κ3) is 2.62. The SMILES string of the molecule is CC(C)=C[C@H]1[C@@H](C(=O)Oc2cc3c(cc2Br)OCO3)C1(C)C. The van der Waals surface area contributed by atoms with Crippen molar-refractivity contribution in [3.05, 3.63) is 28.3 Å². The van der Waals surface area contributed by atoms with Crippen LogP contribution in [0, 0.1) is 17.3 Å². The summed E-state index contributed by atoms with van der Waals surface area (Å²) < 4.78 is 16.9. The van der Waals surface area contributed by atoms with E-state index in [1.165, 1.54) is 5.57 Å². The molecule has 1 aliphatic heterocycles. The van der Waals surface area contributed by atoms with Crippen LogP contribution in [0.15, 0.2) is 28.3 Å². The zero-order valence-corrected chi connectivity index (χ0v) is 14.7. The molecule has 0 spiro atoms. The summed E-state index contributed by atoms with van der Waals surface area (Å²) in [5, 5.41) is 0. The summed E-state index contributed by atoms with van der Waals surface area (Å²) in [5.41, 5.74) is 1.16. The number of carbonyl (C=O) groups excluding carboxylic acids is 1. The lowest BCUT2D eigenvalue weighted by Gasteiger charge is -2.08. The zero-order valence-electron chi connectivity index (χ0n) is 13.1. The average Bonchev–Trinajstić information content (AvgIpc) is 2.76. The predicted octanol–water partition coefficient (Wildman–Crippen LogP) is 4.32. The van der Waals surface area contributed by atoms with Crippen LogP contribution in [0.4, 0.5) is 0 Å². The van der Waals surface area contributed by atoms with Gasteiger partial charge in [0.05, 0.1) is 10.4 Å². The number of fused-ring (bicyclic) bond motifs is 1. The summed E-state index contributed by atoms with van der Waals surface area (Å²) in [4.78, 5) is 12.5.